The van der Waals surface area contributed by atoms with Crippen molar-refractivity contribution in [2.24, 2.45) is 5.92 Å². The third-order valence-electron chi connectivity index (χ3n) is 4.53. The molecule has 96 valence electrons. The van der Waals surface area contributed by atoms with E-state index in [1.165, 1.54) is 25.7 Å². The first kappa shape index (κ1) is 11.7. The highest BCUT2D eigenvalue weighted by molar-refractivity contribution is 5.81. The first-order valence-corrected chi connectivity index (χ1v) is 7.22. The molecule has 0 aromatic heterocycles. The fraction of sp³-hybridized carbons (Fsp3) is 0.929. The molecule has 2 aliphatic heterocycles. The van der Waals surface area contributed by atoms with E-state index < -0.39 is 0 Å². The Morgan fingerprint density at radius 3 is 2.59 bits per heavy atom. The fourth-order valence-electron chi connectivity index (χ4n) is 3.58. The fourth-order valence-corrected chi connectivity index (χ4v) is 3.58. The van der Waals surface area contributed by atoms with Gasteiger partial charge in [0, 0.05) is 32.0 Å². The van der Waals surface area contributed by atoms with E-state index in [-0.39, 0.29) is 0 Å². The number of Topliss-reactive ketones (excluding diaryl/α,β-unsaturated/α-hetero) is 1. The Labute approximate surface area is 104 Å². The first-order chi connectivity index (χ1) is 8.31. The van der Waals surface area contributed by atoms with E-state index in [4.69, 9.17) is 4.74 Å². The number of hydrogen-bond acceptors (Lipinski definition) is 3. The lowest BCUT2D eigenvalue weighted by Gasteiger charge is -2.34. The van der Waals surface area contributed by atoms with Gasteiger partial charge in [0.15, 0.2) is 0 Å². The number of carbonyl (C=O) groups is 1. The highest BCUT2D eigenvalue weighted by Gasteiger charge is 2.35. The van der Waals surface area contributed by atoms with Gasteiger partial charge < -0.3 is 4.74 Å². The predicted molar refractivity (Wildman–Crippen MR) is 65.9 cm³/mol. The molecule has 0 aromatic rings. The van der Waals surface area contributed by atoms with E-state index in [0.717, 1.165) is 38.9 Å². The zero-order valence-electron chi connectivity index (χ0n) is 10.6. The lowest BCUT2D eigenvalue weighted by Crippen LogP contribution is -2.45. The van der Waals surface area contributed by atoms with Gasteiger partial charge >= 0.3 is 0 Å². The summed E-state index contributed by atoms with van der Waals surface area (Å²) >= 11 is 0. The molecule has 2 bridgehead atoms. The van der Waals surface area contributed by atoms with E-state index >= 15 is 0 Å². The molecule has 0 spiro atoms. The van der Waals surface area contributed by atoms with E-state index in [0.29, 0.717) is 23.9 Å². The number of rotatable bonds is 2. The summed E-state index contributed by atoms with van der Waals surface area (Å²) in [6.07, 6.45) is 8.89. The van der Waals surface area contributed by atoms with Crippen molar-refractivity contribution in [3.63, 3.8) is 0 Å². The number of morpholine rings is 1. The molecular weight excluding hydrogens is 214 g/mol. The van der Waals surface area contributed by atoms with Crippen molar-refractivity contribution < 1.29 is 9.53 Å². The van der Waals surface area contributed by atoms with Crippen molar-refractivity contribution in [1.82, 2.24) is 4.90 Å². The normalized spacial score (nSPS) is 39.3. The van der Waals surface area contributed by atoms with Gasteiger partial charge in [-0.25, -0.2) is 0 Å². The lowest BCUT2D eigenvalue weighted by molar-refractivity contribution is -0.124. The summed E-state index contributed by atoms with van der Waals surface area (Å²) in [5.74, 6) is 0.830. The van der Waals surface area contributed by atoms with Crippen LogP contribution in [0.25, 0.3) is 0 Å². The highest BCUT2D eigenvalue weighted by atomic mass is 16.5. The van der Waals surface area contributed by atoms with Crippen LogP contribution in [0.15, 0.2) is 0 Å². The number of fused-ring (bicyclic) bond motifs is 2. The molecular formula is C14H23NO2. The van der Waals surface area contributed by atoms with Crippen LogP contribution in [0.5, 0.6) is 0 Å². The topological polar surface area (TPSA) is 29.5 Å². The SMILES string of the molecule is O=C1CCCCCC1CN1CC2CCC(C1)O2. The van der Waals surface area contributed by atoms with Crippen molar-refractivity contribution in [2.45, 2.75) is 57.2 Å². The third-order valence-corrected chi connectivity index (χ3v) is 4.53. The van der Waals surface area contributed by atoms with E-state index in [9.17, 15) is 4.79 Å². The second kappa shape index (κ2) is 5.07. The second-order valence-electron chi connectivity index (χ2n) is 5.94. The molecule has 3 heteroatoms. The monoisotopic (exact) mass is 237 g/mol. The number of carbonyl (C=O) groups excluding carboxylic acids is 1. The molecule has 3 rings (SSSR count). The summed E-state index contributed by atoms with van der Waals surface area (Å²) in [4.78, 5) is 14.5. The predicted octanol–water partition coefficient (Wildman–Crippen LogP) is 2.00. The summed E-state index contributed by atoms with van der Waals surface area (Å²) in [6.45, 7) is 3.11. The van der Waals surface area contributed by atoms with Gasteiger partial charge in [-0.1, -0.05) is 12.8 Å². The van der Waals surface area contributed by atoms with Gasteiger partial charge in [0.05, 0.1) is 12.2 Å². The van der Waals surface area contributed by atoms with Crippen molar-refractivity contribution in [1.29, 1.82) is 0 Å². The maximum Gasteiger partial charge on any atom is 0.137 e. The number of ether oxygens (including phenoxy) is 1. The molecule has 2 saturated heterocycles. The molecule has 0 aromatic carbocycles. The number of nitrogens with zero attached hydrogens (tertiary/aromatic N) is 1. The Balaban J connectivity index is 1.56. The molecule has 3 atom stereocenters. The van der Waals surface area contributed by atoms with Gasteiger partial charge in [0.1, 0.15) is 5.78 Å². The summed E-state index contributed by atoms with van der Waals surface area (Å²) in [5, 5.41) is 0. The molecule has 0 amide bonds. The standard InChI is InChI=1S/C14H23NO2/c16-14-5-3-1-2-4-11(14)8-15-9-12-6-7-13(10-15)17-12/h11-13H,1-10H2. The Kier molecular flexibility index (Phi) is 3.48. The maximum atomic E-state index is 12.0. The minimum atomic E-state index is 0.315. The summed E-state index contributed by atoms with van der Waals surface area (Å²) in [5.41, 5.74) is 0. The Hall–Kier alpha value is -0.410. The quantitative estimate of drug-likeness (QED) is 0.688. The van der Waals surface area contributed by atoms with Crippen LogP contribution in [0.4, 0.5) is 0 Å². The van der Waals surface area contributed by atoms with Gasteiger partial charge in [-0.3, -0.25) is 9.69 Å². The molecule has 3 fully saturated rings. The minimum absolute atomic E-state index is 0.315. The zero-order chi connectivity index (χ0) is 11.7. The molecule has 2 heterocycles. The van der Waals surface area contributed by atoms with E-state index in [1.807, 2.05) is 0 Å². The Morgan fingerprint density at radius 2 is 1.82 bits per heavy atom. The molecule has 3 unspecified atom stereocenters. The average molecular weight is 237 g/mol. The van der Waals surface area contributed by atoms with Crippen LogP contribution < -0.4 is 0 Å². The molecule has 3 nitrogen and oxygen atoms in total. The Bertz CT molecular complexity index is 280. The van der Waals surface area contributed by atoms with Crippen LogP contribution in [0.1, 0.15) is 44.9 Å². The van der Waals surface area contributed by atoms with Gasteiger partial charge in [-0.15, -0.1) is 0 Å². The summed E-state index contributed by atoms with van der Waals surface area (Å²) in [7, 11) is 0. The largest absolute Gasteiger partial charge is 0.372 e. The van der Waals surface area contributed by atoms with Crippen LogP contribution in [-0.4, -0.2) is 42.5 Å². The lowest BCUT2D eigenvalue weighted by atomic mass is 9.98. The Morgan fingerprint density at radius 1 is 1.06 bits per heavy atom. The number of hydrogen-bond donors (Lipinski definition) is 0. The molecule has 0 radical (unpaired) electrons. The average Bonchev–Trinajstić information content (AvgIpc) is 2.53. The van der Waals surface area contributed by atoms with E-state index in [1.54, 1.807) is 0 Å². The number of ketones is 1. The van der Waals surface area contributed by atoms with Crippen molar-refractivity contribution >= 4 is 5.78 Å². The van der Waals surface area contributed by atoms with Crippen LogP contribution >= 0.6 is 0 Å². The third kappa shape index (κ3) is 2.71. The van der Waals surface area contributed by atoms with Gasteiger partial charge in [0.2, 0.25) is 0 Å². The summed E-state index contributed by atoms with van der Waals surface area (Å²) in [6, 6.07) is 0. The summed E-state index contributed by atoms with van der Waals surface area (Å²) < 4.78 is 5.84. The van der Waals surface area contributed by atoms with Gasteiger partial charge in [-0.05, 0) is 25.7 Å². The molecule has 3 aliphatic rings. The van der Waals surface area contributed by atoms with Crippen LogP contribution in [0, 0.1) is 5.92 Å². The van der Waals surface area contributed by atoms with Crippen molar-refractivity contribution in [2.75, 3.05) is 19.6 Å². The zero-order valence-corrected chi connectivity index (χ0v) is 10.6. The maximum absolute atomic E-state index is 12.0. The molecule has 17 heavy (non-hydrogen) atoms. The second-order valence-corrected chi connectivity index (χ2v) is 5.94. The molecule has 1 aliphatic carbocycles. The van der Waals surface area contributed by atoms with Crippen LogP contribution in [-0.2, 0) is 9.53 Å². The van der Waals surface area contributed by atoms with Gasteiger partial charge in [-0.2, -0.15) is 0 Å². The number of likely N-dealkylation sites (tertiary alicyclic amines) is 1. The van der Waals surface area contributed by atoms with Crippen LogP contribution in [0.3, 0.4) is 0 Å². The molecule has 0 N–H and O–H groups in total. The van der Waals surface area contributed by atoms with Gasteiger partial charge in [0.25, 0.3) is 0 Å². The first-order valence-electron chi connectivity index (χ1n) is 7.22. The minimum Gasteiger partial charge on any atom is -0.372 e. The van der Waals surface area contributed by atoms with E-state index in [2.05, 4.69) is 4.90 Å². The van der Waals surface area contributed by atoms with Crippen molar-refractivity contribution in [3.8, 4) is 0 Å². The smallest absolute Gasteiger partial charge is 0.137 e. The molecule has 1 saturated carbocycles. The van der Waals surface area contributed by atoms with Crippen LogP contribution in [0.2, 0.25) is 0 Å². The van der Waals surface area contributed by atoms with Crippen molar-refractivity contribution in [3.05, 3.63) is 0 Å². The highest BCUT2D eigenvalue weighted by Crippen LogP contribution is 2.28.